The minimum Gasteiger partial charge on any atom is -0.497 e. The average Bonchev–Trinajstić information content (AvgIpc) is 2.39. The van der Waals surface area contributed by atoms with E-state index in [1.807, 2.05) is 0 Å². The second kappa shape index (κ2) is 5.65. The summed E-state index contributed by atoms with van der Waals surface area (Å²) in [5, 5.41) is 0.340. The van der Waals surface area contributed by atoms with Crippen molar-refractivity contribution in [1.82, 2.24) is 0 Å². The molecule has 0 amide bonds. The number of halogens is 2. The first-order valence-corrected chi connectivity index (χ1v) is 5.70. The lowest BCUT2D eigenvalue weighted by Gasteiger charge is -2.00. The van der Waals surface area contributed by atoms with Crippen LogP contribution in [-0.4, -0.2) is 13.3 Å². The van der Waals surface area contributed by atoms with Crippen LogP contribution in [0.2, 0.25) is 5.02 Å². The topological polar surface area (TPSA) is 21.6 Å². The molecular formula is C14H11ClFNO. The van der Waals surface area contributed by atoms with Crippen LogP contribution in [0, 0.1) is 5.82 Å². The molecule has 0 saturated carbocycles. The molecule has 0 radical (unpaired) electrons. The van der Waals surface area contributed by atoms with E-state index in [-0.39, 0.29) is 11.4 Å². The van der Waals surface area contributed by atoms with Crippen LogP contribution < -0.4 is 4.74 Å². The highest BCUT2D eigenvalue weighted by Crippen LogP contribution is 2.20. The zero-order valence-corrected chi connectivity index (χ0v) is 10.5. The Bertz CT molecular complexity index is 546. The molecule has 0 aliphatic rings. The Kier molecular flexibility index (Phi) is 3.95. The standard InChI is InChI=1S/C14H11ClFNO/c1-18-11-7-5-10(6-8-11)17-9-12-13(15)3-2-4-14(12)16/h2-9H,1H3. The molecule has 0 atom stereocenters. The minimum absolute atomic E-state index is 0.287. The molecule has 0 spiro atoms. The van der Waals surface area contributed by atoms with Crippen LogP contribution in [0.5, 0.6) is 5.75 Å². The fourth-order valence-corrected chi connectivity index (χ4v) is 1.65. The summed E-state index contributed by atoms with van der Waals surface area (Å²) in [4.78, 5) is 4.17. The fourth-order valence-electron chi connectivity index (χ4n) is 1.44. The van der Waals surface area contributed by atoms with E-state index in [0.717, 1.165) is 5.75 Å². The maximum Gasteiger partial charge on any atom is 0.133 e. The zero-order chi connectivity index (χ0) is 13.0. The van der Waals surface area contributed by atoms with Gasteiger partial charge in [0.15, 0.2) is 0 Å². The molecule has 18 heavy (non-hydrogen) atoms. The molecule has 0 bridgehead atoms. The Morgan fingerprint density at radius 3 is 2.50 bits per heavy atom. The molecule has 2 aromatic rings. The normalized spacial score (nSPS) is 10.8. The number of nitrogens with zero attached hydrogens (tertiary/aromatic N) is 1. The number of rotatable bonds is 3. The van der Waals surface area contributed by atoms with Gasteiger partial charge in [-0.05, 0) is 36.4 Å². The van der Waals surface area contributed by atoms with Crippen molar-refractivity contribution < 1.29 is 9.13 Å². The van der Waals surface area contributed by atoms with E-state index >= 15 is 0 Å². The summed E-state index contributed by atoms with van der Waals surface area (Å²) in [6.45, 7) is 0. The lowest BCUT2D eigenvalue weighted by atomic mass is 10.2. The van der Waals surface area contributed by atoms with Crippen LogP contribution in [0.1, 0.15) is 5.56 Å². The first-order chi connectivity index (χ1) is 8.70. The lowest BCUT2D eigenvalue weighted by Crippen LogP contribution is -1.88. The number of hydrogen-bond acceptors (Lipinski definition) is 2. The van der Waals surface area contributed by atoms with Crippen LogP contribution in [0.15, 0.2) is 47.5 Å². The van der Waals surface area contributed by atoms with Gasteiger partial charge in [0.05, 0.1) is 17.8 Å². The number of ether oxygens (including phenoxy) is 1. The monoisotopic (exact) mass is 263 g/mol. The van der Waals surface area contributed by atoms with Crippen molar-refractivity contribution in [2.45, 2.75) is 0 Å². The van der Waals surface area contributed by atoms with Gasteiger partial charge < -0.3 is 4.74 Å². The van der Waals surface area contributed by atoms with E-state index in [1.165, 1.54) is 12.3 Å². The molecule has 2 aromatic carbocycles. The van der Waals surface area contributed by atoms with E-state index in [0.29, 0.717) is 10.7 Å². The largest absolute Gasteiger partial charge is 0.497 e. The quantitative estimate of drug-likeness (QED) is 0.759. The summed E-state index contributed by atoms with van der Waals surface area (Å²) >= 11 is 5.89. The highest BCUT2D eigenvalue weighted by molar-refractivity contribution is 6.33. The van der Waals surface area contributed by atoms with Crippen LogP contribution in [0.25, 0.3) is 0 Å². The smallest absolute Gasteiger partial charge is 0.133 e. The van der Waals surface area contributed by atoms with Crippen LogP contribution in [0.3, 0.4) is 0 Å². The molecule has 2 nitrogen and oxygen atoms in total. The Balaban J connectivity index is 2.24. The van der Waals surface area contributed by atoms with Gasteiger partial charge in [-0.1, -0.05) is 17.7 Å². The lowest BCUT2D eigenvalue weighted by molar-refractivity contribution is 0.415. The van der Waals surface area contributed by atoms with Gasteiger partial charge >= 0.3 is 0 Å². The number of hydrogen-bond donors (Lipinski definition) is 0. The summed E-state index contributed by atoms with van der Waals surface area (Å²) in [6, 6.07) is 11.7. The molecule has 0 aromatic heterocycles. The molecule has 0 fully saturated rings. The molecule has 0 unspecified atom stereocenters. The summed E-state index contributed by atoms with van der Waals surface area (Å²) in [5.74, 6) is 0.359. The van der Waals surface area contributed by atoms with E-state index < -0.39 is 0 Å². The van der Waals surface area contributed by atoms with Crippen molar-refractivity contribution in [3.8, 4) is 5.75 Å². The molecule has 92 valence electrons. The van der Waals surface area contributed by atoms with Crippen molar-refractivity contribution in [1.29, 1.82) is 0 Å². The first kappa shape index (κ1) is 12.6. The fraction of sp³-hybridized carbons (Fsp3) is 0.0714. The van der Waals surface area contributed by atoms with Gasteiger partial charge in [-0.15, -0.1) is 0 Å². The second-order valence-corrected chi connectivity index (χ2v) is 4.00. The Hall–Kier alpha value is -1.87. The molecule has 0 heterocycles. The zero-order valence-electron chi connectivity index (χ0n) is 9.73. The van der Waals surface area contributed by atoms with Crippen molar-refractivity contribution in [2.75, 3.05) is 7.11 Å². The summed E-state index contributed by atoms with van der Waals surface area (Å²) in [6.07, 6.45) is 1.42. The number of benzene rings is 2. The third kappa shape index (κ3) is 2.87. The van der Waals surface area contributed by atoms with E-state index in [1.54, 1.807) is 43.5 Å². The molecular weight excluding hydrogens is 253 g/mol. The third-order valence-corrected chi connectivity index (χ3v) is 2.74. The first-order valence-electron chi connectivity index (χ1n) is 5.33. The van der Waals surface area contributed by atoms with Crippen LogP contribution in [0.4, 0.5) is 10.1 Å². The summed E-state index contributed by atoms with van der Waals surface area (Å²) < 4.78 is 18.5. The maximum absolute atomic E-state index is 13.5. The average molecular weight is 264 g/mol. The van der Waals surface area contributed by atoms with Gasteiger partial charge in [0, 0.05) is 11.8 Å². The van der Waals surface area contributed by atoms with Gasteiger partial charge in [-0.3, -0.25) is 4.99 Å². The Morgan fingerprint density at radius 2 is 1.89 bits per heavy atom. The maximum atomic E-state index is 13.5. The summed E-state index contributed by atoms with van der Waals surface area (Å²) in [5.41, 5.74) is 0.991. The minimum atomic E-state index is -0.389. The molecule has 0 aliphatic heterocycles. The molecule has 0 N–H and O–H groups in total. The van der Waals surface area contributed by atoms with Gasteiger partial charge in [-0.25, -0.2) is 4.39 Å². The van der Waals surface area contributed by atoms with E-state index in [9.17, 15) is 4.39 Å². The third-order valence-electron chi connectivity index (χ3n) is 2.41. The molecule has 2 rings (SSSR count). The molecule has 0 saturated heterocycles. The van der Waals surface area contributed by atoms with Gasteiger partial charge in [-0.2, -0.15) is 0 Å². The van der Waals surface area contributed by atoms with E-state index in [4.69, 9.17) is 16.3 Å². The SMILES string of the molecule is COc1ccc(N=Cc2c(F)cccc2Cl)cc1. The molecule has 4 heteroatoms. The van der Waals surface area contributed by atoms with Crippen molar-refractivity contribution in [3.05, 3.63) is 58.9 Å². The highest BCUT2D eigenvalue weighted by atomic mass is 35.5. The summed E-state index contributed by atoms with van der Waals surface area (Å²) in [7, 11) is 1.59. The number of aliphatic imine (C=N–C) groups is 1. The number of methoxy groups -OCH3 is 1. The highest BCUT2D eigenvalue weighted by Gasteiger charge is 2.03. The second-order valence-electron chi connectivity index (χ2n) is 3.59. The van der Waals surface area contributed by atoms with Crippen molar-refractivity contribution >= 4 is 23.5 Å². The van der Waals surface area contributed by atoms with Crippen LogP contribution in [-0.2, 0) is 0 Å². The Labute approximate surface area is 110 Å². The predicted molar refractivity (Wildman–Crippen MR) is 71.7 cm³/mol. The van der Waals surface area contributed by atoms with Crippen LogP contribution >= 0.6 is 11.6 Å². The van der Waals surface area contributed by atoms with Crippen molar-refractivity contribution in [2.24, 2.45) is 4.99 Å². The predicted octanol–water partition coefficient (Wildman–Crippen LogP) is 4.24. The van der Waals surface area contributed by atoms with Gasteiger partial charge in [0.1, 0.15) is 11.6 Å². The molecule has 0 aliphatic carbocycles. The Morgan fingerprint density at radius 1 is 1.17 bits per heavy atom. The van der Waals surface area contributed by atoms with Gasteiger partial charge in [0.2, 0.25) is 0 Å². The van der Waals surface area contributed by atoms with E-state index in [2.05, 4.69) is 4.99 Å². The van der Waals surface area contributed by atoms with Crippen molar-refractivity contribution in [3.63, 3.8) is 0 Å². The van der Waals surface area contributed by atoms with Gasteiger partial charge in [0.25, 0.3) is 0 Å².